The molecule has 0 aliphatic carbocycles. The number of aromatic nitrogens is 2. The zero-order valence-corrected chi connectivity index (χ0v) is 8.44. The molecule has 4 nitrogen and oxygen atoms in total. The molecule has 0 saturated carbocycles. The zero-order valence-electron chi connectivity index (χ0n) is 8.44. The first-order valence-corrected chi connectivity index (χ1v) is 5.16. The Balaban J connectivity index is 1.72. The van der Waals surface area contributed by atoms with Gasteiger partial charge in [0.1, 0.15) is 0 Å². The van der Waals surface area contributed by atoms with Crippen LogP contribution in [0.15, 0.2) is 6.20 Å². The molecule has 0 aromatic carbocycles. The molecule has 1 saturated heterocycles. The summed E-state index contributed by atoms with van der Waals surface area (Å²) in [6, 6.07) is 0. The average molecular weight is 193 g/mol. The maximum atomic E-state index is 5.24. The summed E-state index contributed by atoms with van der Waals surface area (Å²) in [5, 5.41) is 4.29. The minimum Gasteiger partial charge on any atom is -0.372 e. The second-order valence-electron chi connectivity index (χ2n) is 4.18. The van der Waals surface area contributed by atoms with Crippen molar-refractivity contribution < 1.29 is 4.74 Å². The Labute approximate surface area is 83.5 Å². The Hall–Kier alpha value is -0.870. The summed E-state index contributed by atoms with van der Waals surface area (Å²) >= 11 is 0. The van der Waals surface area contributed by atoms with Crippen LogP contribution in [-0.4, -0.2) is 40.5 Å². The Morgan fingerprint density at radius 2 is 2.50 bits per heavy atom. The second-order valence-corrected chi connectivity index (χ2v) is 4.18. The summed E-state index contributed by atoms with van der Waals surface area (Å²) in [5.74, 6) is 0. The van der Waals surface area contributed by atoms with Crippen LogP contribution in [0, 0.1) is 0 Å². The highest BCUT2D eigenvalue weighted by Crippen LogP contribution is 2.20. The van der Waals surface area contributed by atoms with Crippen LogP contribution in [0.4, 0.5) is 0 Å². The van der Waals surface area contributed by atoms with Crippen molar-refractivity contribution in [2.45, 2.75) is 19.1 Å². The normalized spacial score (nSPS) is 26.2. The molecule has 1 unspecified atom stereocenters. The Morgan fingerprint density at radius 1 is 1.64 bits per heavy atom. The predicted octanol–water partition coefficient (Wildman–Crippen LogP) is 0.177. The van der Waals surface area contributed by atoms with Gasteiger partial charge in [0, 0.05) is 44.4 Å². The third-order valence-electron chi connectivity index (χ3n) is 3.07. The van der Waals surface area contributed by atoms with Crippen LogP contribution in [0.5, 0.6) is 0 Å². The van der Waals surface area contributed by atoms with Crippen molar-refractivity contribution in [3.63, 3.8) is 0 Å². The minimum atomic E-state index is 0.508. The van der Waals surface area contributed by atoms with Gasteiger partial charge in [0.25, 0.3) is 0 Å². The van der Waals surface area contributed by atoms with Crippen LogP contribution >= 0.6 is 0 Å². The van der Waals surface area contributed by atoms with Crippen molar-refractivity contribution in [1.82, 2.24) is 14.7 Å². The largest absolute Gasteiger partial charge is 0.372 e. The monoisotopic (exact) mass is 193 g/mol. The number of hydrogen-bond donors (Lipinski definition) is 0. The number of nitrogens with zero attached hydrogens (tertiary/aromatic N) is 3. The predicted molar refractivity (Wildman–Crippen MR) is 51.9 cm³/mol. The van der Waals surface area contributed by atoms with Crippen molar-refractivity contribution >= 4 is 0 Å². The van der Waals surface area contributed by atoms with E-state index in [1.165, 1.54) is 11.3 Å². The lowest BCUT2D eigenvalue weighted by Gasteiger charge is -2.26. The zero-order chi connectivity index (χ0) is 9.54. The molecule has 4 heteroatoms. The van der Waals surface area contributed by atoms with E-state index in [0.29, 0.717) is 6.10 Å². The lowest BCUT2D eigenvalue weighted by molar-refractivity contribution is 0.224. The van der Waals surface area contributed by atoms with Crippen LogP contribution in [-0.2, 0) is 24.8 Å². The lowest BCUT2D eigenvalue weighted by Crippen LogP contribution is -2.33. The van der Waals surface area contributed by atoms with Crippen molar-refractivity contribution in [3.8, 4) is 0 Å². The van der Waals surface area contributed by atoms with E-state index in [4.69, 9.17) is 4.74 Å². The van der Waals surface area contributed by atoms with Crippen LogP contribution in [0.1, 0.15) is 11.3 Å². The molecule has 2 aliphatic rings. The molecule has 1 aromatic rings. The molecule has 1 fully saturated rings. The summed E-state index contributed by atoms with van der Waals surface area (Å²) in [5.41, 5.74) is 2.79. The van der Waals surface area contributed by atoms with E-state index in [2.05, 4.69) is 10.00 Å². The van der Waals surface area contributed by atoms with Gasteiger partial charge in [-0.05, 0) is 0 Å². The molecule has 76 valence electrons. The van der Waals surface area contributed by atoms with Gasteiger partial charge in [0.05, 0.1) is 18.9 Å². The van der Waals surface area contributed by atoms with Gasteiger partial charge in [0.15, 0.2) is 0 Å². The molecule has 14 heavy (non-hydrogen) atoms. The van der Waals surface area contributed by atoms with Crippen LogP contribution in [0.3, 0.4) is 0 Å². The molecule has 3 heterocycles. The number of rotatable bonds is 2. The smallest absolute Gasteiger partial charge is 0.0936 e. The molecule has 2 aliphatic heterocycles. The number of ether oxygens (including phenoxy) is 1. The summed E-state index contributed by atoms with van der Waals surface area (Å²) in [6.07, 6.45) is 3.63. The maximum absolute atomic E-state index is 5.24. The molecular formula is C10H15N3O. The molecule has 1 aromatic heterocycles. The topological polar surface area (TPSA) is 33.6 Å². The van der Waals surface area contributed by atoms with Gasteiger partial charge >= 0.3 is 0 Å². The molecule has 0 N–H and O–H groups in total. The van der Waals surface area contributed by atoms with Crippen molar-refractivity contribution in [2.75, 3.05) is 19.7 Å². The summed E-state index contributed by atoms with van der Waals surface area (Å²) in [7, 11) is 2.03. The molecule has 0 radical (unpaired) electrons. The first kappa shape index (κ1) is 8.44. The first-order chi connectivity index (χ1) is 6.83. The van der Waals surface area contributed by atoms with Gasteiger partial charge in [-0.3, -0.25) is 9.58 Å². The second kappa shape index (κ2) is 3.07. The Morgan fingerprint density at radius 3 is 3.29 bits per heavy atom. The van der Waals surface area contributed by atoms with E-state index in [1.807, 2.05) is 17.9 Å². The van der Waals surface area contributed by atoms with Gasteiger partial charge < -0.3 is 4.74 Å². The minimum absolute atomic E-state index is 0.508. The van der Waals surface area contributed by atoms with Crippen molar-refractivity contribution in [1.29, 1.82) is 0 Å². The van der Waals surface area contributed by atoms with Gasteiger partial charge in [0.2, 0.25) is 0 Å². The Bertz CT molecular complexity index is 343. The quantitative estimate of drug-likeness (QED) is 0.628. The third-order valence-corrected chi connectivity index (χ3v) is 3.07. The van der Waals surface area contributed by atoms with E-state index in [9.17, 15) is 0 Å². The van der Waals surface area contributed by atoms with E-state index in [1.54, 1.807) is 0 Å². The van der Waals surface area contributed by atoms with Gasteiger partial charge in [-0.15, -0.1) is 0 Å². The number of aryl methyl sites for hydroxylation is 1. The maximum Gasteiger partial charge on any atom is 0.0936 e. The van der Waals surface area contributed by atoms with Crippen molar-refractivity contribution in [2.24, 2.45) is 7.05 Å². The third kappa shape index (κ3) is 1.44. The molecule has 0 amide bonds. The van der Waals surface area contributed by atoms with Crippen LogP contribution in [0.25, 0.3) is 0 Å². The summed E-state index contributed by atoms with van der Waals surface area (Å²) in [4.78, 5) is 2.46. The SMILES string of the molecule is Cn1ncc2c1CCN(CC1CO1)C2. The summed E-state index contributed by atoms with van der Waals surface area (Å²) < 4.78 is 7.24. The van der Waals surface area contributed by atoms with Crippen molar-refractivity contribution in [3.05, 3.63) is 17.5 Å². The fourth-order valence-electron chi connectivity index (χ4n) is 2.16. The first-order valence-electron chi connectivity index (χ1n) is 5.16. The van der Waals surface area contributed by atoms with E-state index >= 15 is 0 Å². The molecule has 0 spiro atoms. The van der Waals surface area contributed by atoms with Gasteiger partial charge in [-0.2, -0.15) is 5.10 Å². The van der Waals surface area contributed by atoms with E-state index in [0.717, 1.165) is 32.7 Å². The van der Waals surface area contributed by atoms with Crippen LogP contribution in [0.2, 0.25) is 0 Å². The molecular weight excluding hydrogens is 178 g/mol. The number of hydrogen-bond acceptors (Lipinski definition) is 3. The molecule has 3 rings (SSSR count). The fraction of sp³-hybridized carbons (Fsp3) is 0.700. The molecule has 0 bridgehead atoms. The van der Waals surface area contributed by atoms with E-state index in [-0.39, 0.29) is 0 Å². The highest BCUT2D eigenvalue weighted by atomic mass is 16.6. The number of fused-ring (bicyclic) bond motifs is 1. The fourth-order valence-corrected chi connectivity index (χ4v) is 2.16. The van der Waals surface area contributed by atoms with Gasteiger partial charge in [-0.25, -0.2) is 0 Å². The number of epoxide rings is 1. The highest BCUT2D eigenvalue weighted by Gasteiger charge is 2.28. The van der Waals surface area contributed by atoms with E-state index < -0.39 is 0 Å². The Kier molecular flexibility index (Phi) is 1.85. The standard InChI is InChI=1S/C10H15N3O/c1-12-10-2-3-13(6-9-7-14-9)5-8(10)4-11-12/h4,9H,2-3,5-7H2,1H3. The molecule has 1 atom stereocenters. The highest BCUT2D eigenvalue weighted by molar-refractivity contribution is 5.20. The summed E-state index contributed by atoms with van der Waals surface area (Å²) in [6.45, 7) is 4.24. The van der Waals surface area contributed by atoms with Crippen LogP contribution < -0.4 is 0 Å². The van der Waals surface area contributed by atoms with Gasteiger partial charge in [-0.1, -0.05) is 0 Å². The lowest BCUT2D eigenvalue weighted by atomic mass is 10.1. The average Bonchev–Trinajstić information content (AvgIpc) is 2.92.